The highest BCUT2D eigenvalue weighted by molar-refractivity contribution is 5.92. The van der Waals surface area contributed by atoms with Crippen molar-refractivity contribution in [3.63, 3.8) is 0 Å². The van der Waals surface area contributed by atoms with Crippen molar-refractivity contribution in [2.24, 2.45) is 5.10 Å². The molecule has 0 unspecified atom stereocenters. The van der Waals surface area contributed by atoms with Gasteiger partial charge in [-0.3, -0.25) is 5.43 Å². The van der Waals surface area contributed by atoms with E-state index in [2.05, 4.69) is 10.5 Å². The summed E-state index contributed by atoms with van der Waals surface area (Å²) in [6, 6.07) is 11.2. The molecule has 21 heavy (non-hydrogen) atoms. The van der Waals surface area contributed by atoms with Gasteiger partial charge >= 0.3 is 5.97 Å². The molecule has 0 aromatic heterocycles. The first-order valence-electron chi connectivity index (χ1n) is 6.10. The Morgan fingerprint density at radius 3 is 2.76 bits per heavy atom. The van der Waals surface area contributed by atoms with E-state index in [-0.39, 0.29) is 11.3 Å². The first kappa shape index (κ1) is 14.4. The molecule has 0 aliphatic rings. The average Bonchev–Trinajstić information content (AvgIpc) is 2.49. The number of benzene rings is 2. The highest BCUT2D eigenvalue weighted by atomic mass is 16.5. The highest BCUT2D eigenvalue weighted by Crippen LogP contribution is 2.23. The number of para-hydroxylation sites is 2. The normalized spacial score (nSPS) is 10.5. The second-order valence-electron chi connectivity index (χ2n) is 4.15. The summed E-state index contributed by atoms with van der Waals surface area (Å²) in [7, 11) is 1.55. The number of hydrogen-bond acceptors (Lipinski definition) is 5. The third kappa shape index (κ3) is 3.50. The smallest absolute Gasteiger partial charge is 0.335 e. The molecule has 2 aromatic rings. The number of phenolic OH excluding ortho intramolecular Hbond substituents is 1. The second-order valence-corrected chi connectivity index (χ2v) is 4.15. The van der Waals surface area contributed by atoms with Crippen LogP contribution in [-0.4, -0.2) is 29.5 Å². The van der Waals surface area contributed by atoms with Crippen LogP contribution in [0.2, 0.25) is 0 Å². The van der Waals surface area contributed by atoms with Crippen LogP contribution in [0.25, 0.3) is 0 Å². The van der Waals surface area contributed by atoms with Crippen molar-refractivity contribution in [1.82, 2.24) is 0 Å². The van der Waals surface area contributed by atoms with E-state index in [1.54, 1.807) is 19.2 Å². The molecule has 0 heterocycles. The van der Waals surface area contributed by atoms with Gasteiger partial charge in [0.05, 0.1) is 24.6 Å². The van der Waals surface area contributed by atoms with Gasteiger partial charge in [-0.05, 0) is 30.3 Å². The lowest BCUT2D eigenvalue weighted by Gasteiger charge is -2.06. The summed E-state index contributed by atoms with van der Waals surface area (Å²) < 4.78 is 5.16. The van der Waals surface area contributed by atoms with Gasteiger partial charge in [0.1, 0.15) is 11.5 Å². The standard InChI is InChI=1S/C15H14N2O4/c1-21-14-5-3-2-4-12(14)17-16-9-11-8-10(15(19)20)6-7-13(11)18/h2-9,17-18H,1H3,(H,19,20)/b16-9+. The first-order chi connectivity index (χ1) is 10.1. The lowest BCUT2D eigenvalue weighted by atomic mass is 10.1. The summed E-state index contributed by atoms with van der Waals surface area (Å²) >= 11 is 0. The van der Waals surface area contributed by atoms with Gasteiger partial charge in [-0.1, -0.05) is 12.1 Å². The summed E-state index contributed by atoms with van der Waals surface area (Å²) in [6.45, 7) is 0. The van der Waals surface area contributed by atoms with Crippen molar-refractivity contribution >= 4 is 17.9 Å². The molecule has 0 aliphatic heterocycles. The van der Waals surface area contributed by atoms with Gasteiger partial charge in [-0.15, -0.1) is 0 Å². The molecule has 0 atom stereocenters. The number of nitrogens with zero attached hydrogens (tertiary/aromatic N) is 1. The molecule has 0 aliphatic carbocycles. The molecule has 2 rings (SSSR count). The van der Waals surface area contributed by atoms with Crippen LogP contribution < -0.4 is 10.2 Å². The van der Waals surface area contributed by atoms with Gasteiger partial charge in [0.15, 0.2) is 0 Å². The minimum atomic E-state index is -1.07. The van der Waals surface area contributed by atoms with Gasteiger partial charge in [-0.2, -0.15) is 5.10 Å². The molecule has 0 amide bonds. The Labute approximate surface area is 121 Å². The fraction of sp³-hybridized carbons (Fsp3) is 0.0667. The van der Waals surface area contributed by atoms with Crippen molar-refractivity contribution in [2.45, 2.75) is 0 Å². The summed E-state index contributed by atoms with van der Waals surface area (Å²) in [4.78, 5) is 10.9. The van der Waals surface area contributed by atoms with E-state index in [1.807, 2.05) is 12.1 Å². The van der Waals surface area contributed by atoms with E-state index in [0.29, 0.717) is 17.0 Å². The van der Waals surface area contributed by atoms with Gasteiger partial charge in [-0.25, -0.2) is 4.79 Å². The fourth-order valence-electron chi connectivity index (χ4n) is 1.70. The SMILES string of the molecule is COc1ccccc1N/N=C/c1cc(C(=O)O)ccc1O. The van der Waals surface area contributed by atoms with Crippen LogP contribution in [0.1, 0.15) is 15.9 Å². The molecule has 0 spiro atoms. The van der Waals surface area contributed by atoms with E-state index < -0.39 is 5.97 Å². The van der Waals surface area contributed by atoms with E-state index in [1.165, 1.54) is 24.4 Å². The maximum absolute atomic E-state index is 10.9. The third-order valence-corrected chi connectivity index (χ3v) is 2.77. The zero-order valence-corrected chi connectivity index (χ0v) is 11.3. The number of methoxy groups -OCH3 is 1. The summed E-state index contributed by atoms with van der Waals surface area (Å²) in [5.41, 5.74) is 3.81. The summed E-state index contributed by atoms with van der Waals surface area (Å²) in [5.74, 6) is -0.494. The number of anilines is 1. The Balaban J connectivity index is 2.18. The zero-order chi connectivity index (χ0) is 15.2. The Morgan fingerprint density at radius 2 is 2.05 bits per heavy atom. The van der Waals surface area contributed by atoms with Crippen molar-refractivity contribution < 1.29 is 19.7 Å². The number of carboxylic acid groups (broad SMARTS) is 1. The van der Waals surface area contributed by atoms with Gasteiger partial charge < -0.3 is 14.9 Å². The number of aromatic hydroxyl groups is 1. The van der Waals surface area contributed by atoms with Gasteiger partial charge in [0.25, 0.3) is 0 Å². The topological polar surface area (TPSA) is 91.2 Å². The van der Waals surface area contributed by atoms with Crippen molar-refractivity contribution in [2.75, 3.05) is 12.5 Å². The van der Waals surface area contributed by atoms with E-state index in [4.69, 9.17) is 9.84 Å². The maximum atomic E-state index is 10.9. The fourth-order valence-corrected chi connectivity index (χ4v) is 1.70. The van der Waals surface area contributed by atoms with Crippen molar-refractivity contribution in [1.29, 1.82) is 0 Å². The van der Waals surface area contributed by atoms with E-state index >= 15 is 0 Å². The molecule has 6 nitrogen and oxygen atoms in total. The molecule has 0 saturated heterocycles. The minimum Gasteiger partial charge on any atom is -0.507 e. The summed E-state index contributed by atoms with van der Waals surface area (Å²) in [6.07, 6.45) is 1.34. The van der Waals surface area contributed by atoms with Crippen molar-refractivity contribution in [3.8, 4) is 11.5 Å². The molecular weight excluding hydrogens is 272 g/mol. The quantitative estimate of drug-likeness (QED) is 0.580. The van der Waals surface area contributed by atoms with Crippen LogP contribution >= 0.6 is 0 Å². The monoisotopic (exact) mass is 286 g/mol. The van der Waals surface area contributed by atoms with Crippen LogP contribution in [0, 0.1) is 0 Å². The number of rotatable bonds is 5. The highest BCUT2D eigenvalue weighted by Gasteiger charge is 2.06. The van der Waals surface area contributed by atoms with E-state index in [9.17, 15) is 9.90 Å². The number of ether oxygens (including phenoxy) is 1. The number of phenols is 1. The Morgan fingerprint density at radius 1 is 1.29 bits per heavy atom. The Hall–Kier alpha value is -3.02. The Kier molecular flexibility index (Phi) is 4.40. The number of aromatic carboxylic acids is 1. The van der Waals surface area contributed by atoms with Crippen LogP contribution in [0.3, 0.4) is 0 Å². The molecule has 0 fully saturated rings. The van der Waals surface area contributed by atoms with Crippen LogP contribution in [-0.2, 0) is 0 Å². The maximum Gasteiger partial charge on any atom is 0.335 e. The number of hydrazone groups is 1. The molecule has 0 bridgehead atoms. The number of hydrogen-bond donors (Lipinski definition) is 3. The molecule has 3 N–H and O–H groups in total. The number of carbonyl (C=O) groups is 1. The molecular formula is C15H14N2O4. The van der Waals surface area contributed by atoms with Crippen LogP contribution in [0.15, 0.2) is 47.6 Å². The zero-order valence-electron chi connectivity index (χ0n) is 11.3. The van der Waals surface area contributed by atoms with Crippen molar-refractivity contribution in [3.05, 3.63) is 53.6 Å². The number of nitrogens with one attached hydrogen (secondary N) is 1. The average molecular weight is 286 g/mol. The second kappa shape index (κ2) is 6.42. The molecule has 0 saturated carbocycles. The Bertz CT molecular complexity index is 683. The predicted molar refractivity (Wildman–Crippen MR) is 79.3 cm³/mol. The lowest BCUT2D eigenvalue weighted by molar-refractivity contribution is 0.0697. The summed E-state index contributed by atoms with van der Waals surface area (Å²) in [5, 5.41) is 22.6. The molecule has 108 valence electrons. The third-order valence-electron chi connectivity index (χ3n) is 2.77. The first-order valence-corrected chi connectivity index (χ1v) is 6.10. The van der Waals surface area contributed by atoms with Gasteiger partial charge in [0.2, 0.25) is 0 Å². The number of carboxylic acids is 1. The molecule has 0 radical (unpaired) electrons. The predicted octanol–water partition coefficient (Wildman–Crippen LogP) is 2.55. The van der Waals surface area contributed by atoms with Gasteiger partial charge in [0, 0.05) is 5.56 Å². The van der Waals surface area contributed by atoms with Crippen LogP contribution in [0.4, 0.5) is 5.69 Å². The molecule has 6 heteroatoms. The largest absolute Gasteiger partial charge is 0.507 e. The molecule has 2 aromatic carbocycles. The van der Waals surface area contributed by atoms with E-state index in [0.717, 1.165) is 0 Å². The minimum absolute atomic E-state index is 0.0504. The lowest BCUT2D eigenvalue weighted by Crippen LogP contribution is -1.98. The van der Waals surface area contributed by atoms with Crippen LogP contribution in [0.5, 0.6) is 11.5 Å².